The molecule has 0 bridgehead atoms. The SMILES string of the molecule is CCOC(=O)CN(C(=O)[C@@H]1CSCCS1)C(C)(C)C. The van der Waals surface area contributed by atoms with E-state index >= 15 is 0 Å². The highest BCUT2D eigenvalue weighted by molar-refractivity contribution is 8.07. The van der Waals surface area contributed by atoms with Gasteiger partial charge in [0.2, 0.25) is 5.91 Å². The molecule has 1 aliphatic rings. The van der Waals surface area contributed by atoms with Gasteiger partial charge in [0.05, 0.1) is 11.9 Å². The molecule has 110 valence electrons. The number of hydrogen-bond acceptors (Lipinski definition) is 5. The minimum absolute atomic E-state index is 0.0348. The molecule has 6 heteroatoms. The Balaban J connectivity index is 2.72. The number of amides is 1. The molecule has 0 radical (unpaired) electrons. The summed E-state index contributed by atoms with van der Waals surface area (Å²) in [6.07, 6.45) is 0. The van der Waals surface area contributed by atoms with Crippen LogP contribution in [-0.4, -0.2) is 58.0 Å². The Bertz CT molecular complexity index is 322. The zero-order chi connectivity index (χ0) is 14.5. The predicted octanol–water partition coefficient (Wildman–Crippen LogP) is 2.03. The molecular weight excluding hydrogens is 282 g/mol. The third kappa shape index (κ3) is 5.26. The zero-order valence-electron chi connectivity index (χ0n) is 12.1. The third-order valence-electron chi connectivity index (χ3n) is 2.76. The number of carbonyl (C=O) groups excluding carboxylic acids is 2. The van der Waals surface area contributed by atoms with Crippen LogP contribution in [0.2, 0.25) is 0 Å². The Kier molecular flexibility index (Phi) is 6.53. The number of thioether (sulfide) groups is 2. The standard InChI is InChI=1S/C13H23NO3S2/c1-5-17-11(15)8-14(13(2,3)4)12(16)10-9-18-6-7-19-10/h10H,5-9H2,1-4H3/t10-/m0/s1. The number of hydrogen-bond donors (Lipinski definition) is 0. The van der Waals surface area contributed by atoms with Crippen LogP contribution in [0.4, 0.5) is 0 Å². The fraction of sp³-hybridized carbons (Fsp3) is 0.846. The van der Waals surface area contributed by atoms with Gasteiger partial charge in [-0.05, 0) is 27.7 Å². The maximum Gasteiger partial charge on any atom is 0.325 e. The Labute approximate surface area is 124 Å². The van der Waals surface area contributed by atoms with Crippen molar-refractivity contribution in [3.8, 4) is 0 Å². The molecule has 4 nitrogen and oxygen atoms in total. The van der Waals surface area contributed by atoms with Crippen molar-refractivity contribution in [2.24, 2.45) is 0 Å². The Morgan fingerprint density at radius 2 is 2.00 bits per heavy atom. The van der Waals surface area contributed by atoms with Crippen molar-refractivity contribution in [3.05, 3.63) is 0 Å². The first-order chi connectivity index (χ1) is 8.86. The molecule has 1 atom stereocenters. The summed E-state index contributed by atoms with van der Waals surface area (Å²) in [5.41, 5.74) is -0.369. The summed E-state index contributed by atoms with van der Waals surface area (Å²) in [6, 6.07) is 0. The van der Waals surface area contributed by atoms with Crippen LogP contribution in [0.1, 0.15) is 27.7 Å². The minimum Gasteiger partial charge on any atom is -0.465 e. The van der Waals surface area contributed by atoms with Gasteiger partial charge in [-0.3, -0.25) is 9.59 Å². The van der Waals surface area contributed by atoms with E-state index in [9.17, 15) is 9.59 Å². The van der Waals surface area contributed by atoms with E-state index in [1.54, 1.807) is 35.3 Å². The van der Waals surface area contributed by atoms with E-state index < -0.39 is 0 Å². The van der Waals surface area contributed by atoms with Gasteiger partial charge < -0.3 is 9.64 Å². The fourth-order valence-electron chi connectivity index (χ4n) is 1.79. The molecule has 0 saturated carbocycles. The van der Waals surface area contributed by atoms with E-state index in [4.69, 9.17) is 4.74 Å². The largest absolute Gasteiger partial charge is 0.465 e. The van der Waals surface area contributed by atoms with Crippen molar-refractivity contribution >= 4 is 35.4 Å². The lowest BCUT2D eigenvalue weighted by Crippen LogP contribution is -2.52. The smallest absolute Gasteiger partial charge is 0.325 e. The topological polar surface area (TPSA) is 46.6 Å². The Morgan fingerprint density at radius 3 is 2.47 bits per heavy atom. The van der Waals surface area contributed by atoms with Crippen LogP contribution in [0.5, 0.6) is 0 Å². The second-order valence-electron chi connectivity index (χ2n) is 5.33. The number of rotatable bonds is 4. The van der Waals surface area contributed by atoms with Crippen LogP contribution in [0, 0.1) is 0 Å². The highest BCUT2D eigenvalue weighted by Gasteiger charge is 2.34. The number of nitrogens with zero attached hydrogens (tertiary/aromatic N) is 1. The van der Waals surface area contributed by atoms with Crippen molar-refractivity contribution in [1.29, 1.82) is 0 Å². The molecular formula is C13H23NO3S2. The van der Waals surface area contributed by atoms with Crippen LogP contribution < -0.4 is 0 Å². The van der Waals surface area contributed by atoms with Crippen molar-refractivity contribution in [1.82, 2.24) is 4.90 Å². The van der Waals surface area contributed by atoms with Gasteiger partial charge in [0.1, 0.15) is 6.54 Å². The number of carbonyl (C=O) groups is 2. The number of ether oxygens (including phenoxy) is 1. The molecule has 1 aliphatic heterocycles. The first-order valence-corrected chi connectivity index (χ1v) is 8.73. The van der Waals surface area contributed by atoms with Crippen molar-refractivity contribution in [2.45, 2.75) is 38.5 Å². The molecule has 1 fully saturated rings. The molecule has 1 amide bonds. The summed E-state index contributed by atoms with van der Waals surface area (Å²) >= 11 is 3.50. The molecule has 0 aromatic heterocycles. The van der Waals surface area contributed by atoms with Gasteiger partial charge in [0.25, 0.3) is 0 Å². The second-order valence-corrected chi connectivity index (χ2v) is 7.80. The minimum atomic E-state index is -0.369. The Hall–Kier alpha value is -0.360. The fourth-order valence-corrected chi connectivity index (χ4v) is 4.39. The van der Waals surface area contributed by atoms with Gasteiger partial charge in [-0.25, -0.2) is 0 Å². The summed E-state index contributed by atoms with van der Waals surface area (Å²) in [5, 5.41) is -0.0348. The van der Waals surface area contributed by atoms with Gasteiger partial charge >= 0.3 is 5.97 Å². The van der Waals surface area contributed by atoms with E-state index in [2.05, 4.69) is 0 Å². The van der Waals surface area contributed by atoms with E-state index in [1.807, 2.05) is 20.8 Å². The molecule has 0 spiro atoms. The van der Waals surface area contributed by atoms with Gasteiger partial charge in [-0.15, -0.1) is 11.8 Å². The molecule has 0 aromatic rings. The number of esters is 1. The molecule has 1 rings (SSSR count). The second kappa shape index (κ2) is 7.43. The van der Waals surface area contributed by atoms with Gasteiger partial charge in [0, 0.05) is 22.8 Å². The summed E-state index contributed by atoms with van der Waals surface area (Å²) in [7, 11) is 0. The van der Waals surface area contributed by atoms with Gasteiger partial charge in [0.15, 0.2) is 0 Å². The van der Waals surface area contributed by atoms with Crippen LogP contribution in [-0.2, 0) is 14.3 Å². The van der Waals surface area contributed by atoms with Crippen molar-refractivity contribution < 1.29 is 14.3 Å². The lowest BCUT2D eigenvalue weighted by Gasteiger charge is -2.37. The lowest BCUT2D eigenvalue weighted by molar-refractivity contribution is -0.151. The molecule has 0 aromatic carbocycles. The van der Waals surface area contributed by atoms with Crippen LogP contribution in [0.25, 0.3) is 0 Å². The van der Waals surface area contributed by atoms with Crippen molar-refractivity contribution in [3.63, 3.8) is 0 Å². The third-order valence-corrected chi connectivity index (χ3v) is 5.50. The van der Waals surface area contributed by atoms with Gasteiger partial charge in [-0.1, -0.05) is 0 Å². The van der Waals surface area contributed by atoms with Crippen LogP contribution in [0.3, 0.4) is 0 Å². The van der Waals surface area contributed by atoms with Crippen molar-refractivity contribution in [2.75, 3.05) is 30.4 Å². The molecule has 0 N–H and O–H groups in total. The molecule has 0 unspecified atom stereocenters. The first-order valence-electron chi connectivity index (χ1n) is 6.52. The quantitative estimate of drug-likeness (QED) is 0.744. The summed E-state index contributed by atoms with van der Waals surface area (Å²) in [5.74, 6) is 2.65. The predicted molar refractivity (Wildman–Crippen MR) is 81.7 cm³/mol. The summed E-state index contributed by atoms with van der Waals surface area (Å²) in [6.45, 7) is 8.01. The normalized spacial score (nSPS) is 19.9. The van der Waals surface area contributed by atoms with E-state index in [1.165, 1.54) is 0 Å². The average Bonchev–Trinajstić information content (AvgIpc) is 2.35. The van der Waals surface area contributed by atoms with Gasteiger partial charge in [-0.2, -0.15) is 11.8 Å². The molecule has 0 aliphatic carbocycles. The average molecular weight is 305 g/mol. The maximum absolute atomic E-state index is 12.6. The monoisotopic (exact) mass is 305 g/mol. The van der Waals surface area contributed by atoms with Crippen LogP contribution >= 0.6 is 23.5 Å². The molecule has 1 heterocycles. The van der Waals surface area contributed by atoms with Crippen LogP contribution in [0.15, 0.2) is 0 Å². The summed E-state index contributed by atoms with van der Waals surface area (Å²) < 4.78 is 4.96. The highest BCUT2D eigenvalue weighted by atomic mass is 32.2. The first kappa shape index (κ1) is 16.7. The summed E-state index contributed by atoms with van der Waals surface area (Å²) in [4.78, 5) is 25.9. The highest BCUT2D eigenvalue weighted by Crippen LogP contribution is 2.27. The maximum atomic E-state index is 12.6. The molecule has 1 saturated heterocycles. The molecule has 19 heavy (non-hydrogen) atoms. The lowest BCUT2D eigenvalue weighted by atomic mass is 10.1. The Morgan fingerprint density at radius 1 is 1.32 bits per heavy atom. The zero-order valence-corrected chi connectivity index (χ0v) is 13.7. The van der Waals surface area contributed by atoms with E-state index in [0.29, 0.717) is 6.61 Å². The van der Waals surface area contributed by atoms with E-state index in [-0.39, 0.29) is 29.2 Å². The van der Waals surface area contributed by atoms with E-state index in [0.717, 1.165) is 17.3 Å².